The van der Waals surface area contributed by atoms with Crippen LogP contribution in [-0.2, 0) is 31.0 Å². The van der Waals surface area contributed by atoms with Gasteiger partial charge in [0.1, 0.15) is 12.2 Å². The Morgan fingerprint density at radius 2 is 2.19 bits per heavy atom. The molecule has 1 aliphatic heterocycles. The number of hydrogen-bond donors (Lipinski definition) is 1. The first-order chi connectivity index (χ1) is 12.6. The highest BCUT2D eigenvalue weighted by Crippen LogP contribution is 2.26. The van der Waals surface area contributed by atoms with Gasteiger partial charge in [0.2, 0.25) is 5.91 Å². The SMILES string of the molecule is CC(C)n1cnnc1CN1CCn2nc(CNC(=O)C3CCC3)cc2C1. The van der Waals surface area contributed by atoms with Crippen molar-refractivity contribution in [1.29, 1.82) is 0 Å². The zero-order valence-corrected chi connectivity index (χ0v) is 15.6. The van der Waals surface area contributed by atoms with Gasteiger partial charge in [0.15, 0.2) is 0 Å². The Morgan fingerprint density at radius 1 is 1.35 bits per heavy atom. The molecule has 1 N–H and O–H groups in total. The van der Waals surface area contributed by atoms with Gasteiger partial charge in [-0.25, -0.2) is 0 Å². The molecule has 0 spiro atoms. The fourth-order valence-corrected chi connectivity index (χ4v) is 3.60. The molecule has 1 saturated carbocycles. The lowest BCUT2D eigenvalue weighted by Crippen LogP contribution is -2.34. The summed E-state index contributed by atoms with van der Waals surface area (Å²) < 4.78 is 4.18. The first-order valence-corrected chi connectivity index (χ1v) is 9.54. The van der Waals surface area contributed by atoms with Crippen molar-refractivity contribution in [2.75, 3.05) is 6.54 Å². The minimum atomic E-state index is 0.178. The highest BCUT2D eigenvalue weighted by atomic mass is 16.1. The summed E-state index contributed by atoms with van der Waals surface area (Å²) in [5, 5.41) is 16.0. The van der Waals surface area contributed by atoms with Crippen LogP contribution in [-0.4, -0.2) is 41.9 Å². The van der Waals surface area contributed by atoms with E-state index in [1.165, 1.54) is 12.1 Å². The molecule has 1 fully saturated rings. The van der Waals surface area contributed by atoms with Crippen LogP contribution in [0.15, 0.2) is 12.4 Å². The second-order valence-electron chi connectivity index (χ2n) is 7.65. The molecular weight excluding hydrogens is 330 g/mol. The van der Waals surface area contributed by atoms with Gasteiger partial charge in [-0.2, -0.15) is 5.10 Å². The van der Waals surface area contributed by atoms with E-state index in [2.05, 4.69) is 54.7 Å². The number of nitrogens with zero attached hydrogens (tertiary/aromatic N) is 6. The van der Waals surface area contributed by atoms with Gasteiger partial charge < -0.3 is 9.88 Å². The van der Waals surface area contributed by atoms with Crippen molar-refractivity contribution in [3.05, 3.63) is 29.6 Å². The summed E-state index contributed by atoms with van der Waals surface area (Å²) in [5.41, 5.74) is 2.14. The third-order valence-corrected chi connectivity index (χ3v) is 5.42. The molecule has 2 aliphatic rings. The molecule has 0 saturated heterocycles. The summed E-state index contributed by atoms with van der Waals surface area (Å²) in [5.74, 6) is 1.40. The Hall–Kier alpha value is -2.22. The normalized spacial score (nSPS) is 18.0. The summed E-state index contributed by atoms with van der Waals surface area (Å²) >= 11 is 0. The molecule has 0 bridgehead atoms. The maximum atomic E-state index is 12.0. The number of aromatic nitrogens is 5. The third kappa shape index (κ3) is 3.51. The van der Waals surface area contributed by atoms with Crippen LogP contribution in [0.2, 0.25) is 0 Å². The van der Waals surface area contributed by atoms with Gasteiger partial charge in [0, 0.05) is 25.0 Å². The van der Waals surface area contributed by atoms with Crippen molar-refractivity contribution >= 4 is 5.91 Å². The first-order valence-electron chi connectivity index (χ1n) is 9.54. The minimum absolute atomic E-state index is 0.178. The van der Waals surface area contributed by atoms with E-state index >= 15 is 0 Å². The molecule has 8 nitrogen and oxygen atoms in total. The predicted molar refractivity (Wildman–Crippen MR) is 95.9 cm³/mol. The van der Waals surface area contributed by atoms with Crippen LogP contribution in [0.5, 0.6) is 0 Å². The van der Waals surface area contributed by atoms with Crippen molar-refractivity contribution in [1.82, 2.24) is 34.8 Å². The average Bonchev–Trinajstić information content (AvgIpc) is 3.17. The van der Waals surface area contributed by atoms with Gasteiger partial charge >= 0.3 is 0 Å². The molecule has 2 aromatic heterocycles. The Balaban J connectivity index is 1.35. The van der Waals surface area contributed by atoms with Gasteiger partial charge in [0.05, 0.1) is 31.0 Å². The summed E-state index contributed by atoms with van der Waals surface area (Å²) in [7, 11) is 0. The van der Waals surface area contributed by atoms with E-state index in [-0.39, 0.29) is 11.8 Å². The number of carbonyl (C=O) groups is 1. The van der Waals surface area contributed by atoms with Crippen molar-refractivity contribution in [2.24, 2.45) is 5.92 Å². The molecule has 8 heteroatoms. The smallest absolute Gasteiger partial charge is 0.223 e. The topological polar surface area (TPSA) is 80.9 Å². The van der Waals surface area contributed by atoms with Crippen LogP contribution in [0.4, 0.5) is 0 Å². The van der Waals surface area contributed by atoms with E-state index in [4.69, 9.17) is 0 Å². The van der Waals surface area contributed by atoms with Crippen LogP contribution in [0.25, 0.3) is 0 Å². The maximum Gasteiger partial charge on any atom is 0.223 e. The third-order valence-electron chi connectivity index (χ3n) is 5.42. The van der Waals surface area contributed by atoms with Gasteiger partial charge in [-0.15, -0.1) is 10.2 Å². The molecule has 0 radical (unpaired) electrons. The molecule has 0 atom stereocenters. The van der Waals surface area contributed by atoms with Crippen LogP contribution in [0.1, 0.15) is 56.4 Å². The standard InChI is InChI=1S/C18H27N7O/c1-13(2)24-12-20-21-17(24)11-23-6-7-25-16(10-23)8-15(22-25)9-19-18(26)14-4-3-5-14/h8,12-14H,3-7,9-11H2,1-2H3,(H,19,26). The zero-order chi connectivity index (χ0) is 18.1. The lowest BCUT2D eigenvalue weighted by Gasteiger charge is -2.27. The van der Waals surface area contributed by atoms with E-state index in [1.807, 2.05) is 0 Å². The molecule has 26 heavy (non-hydrogen) atoms. The Labute approximate surface area is 153 Å². The highest BCUT2D eigenvalue weighted by molar-refractivity contribution is 5.79. The van der Waals surface area contributed by atoms with Gasteiger partial charge in [0.25, 0.3) is 0 Å². The highest BCUT2D eigenvalue weighted by Gasteiger charge is 2.25. The molecule has 4 rings (SSSR count). The molecule has 1 aliphatic carbocycles. The second-order valence-corrected chi connectivity index (χ2v) is 7.65. The van der Waals surface area contributed by atoms with Gasteiger partial charge in [-0.05, 0) is 32.8 Å². The van der Waals surface area contributed by atoms with Crippen molar-refractivity contribution in [3.63, 3.8) is 0 Å². The zero-order valence-electron chi connectivity index (χ0n) is 15.6. The molecule has 0 aromatic carbocycles. The number of hydrogen-bond acceptors (Lipinski definition) is 5. The lowest BCUT2D eigenvalue weighted by molar-refractivity contribution is -0.127. The second kappa shape index (κ2) is 7.19. The first kappa shape index (κ1) is 17.2. The molecular formula is C18H27N7O. The number of rotatable bonds is 6. The van der Waals surface area contributed by atoms with E-state index in [1.54, 1.807) is 6.33 Å². The number of carbonyl (C=O) groups excluding carboxylic acids is 1. The quantitative estimate of drug-likeness (QED) is 0.847. The van der Waals surface area contributed by atoms with Crippen molar-refractivity contribution in [2.45, 2.75) is 65.3 Å². The molecule has 1 amide bonds. The van der Waals surface area contributed by atoms with E-state index < -0.39 is 0 Å². The summed E-state index contributed by atoms with van der Waals surface area (Å²) in [4.78, 5) is 14.4. The van der Waals surface area contributed by atoms with Crippen molar-refractivity contribution in [3.8, 4) is 0 Å². The van der Waals surface area contributed by atoms with Crippen LogP contribution < -0.4 is 5.32 Å². The Morgan fingerprint density at radius 3 is 2.92 bits per heavy atom. The van der Waals surface area contributed by atoms with E-state index in [0.29, 0.717) is 12.6 Å². The molecule has 0 unspecified atom stereocenters. The Bertz CT molecular complexity index is 774. The number of fused-ring (bicyclic) bond motifs is 1. The van der Waals surface area contributed by atoms with Crippen LogP contribution in [0, 0.1) is 5.92 Å². The molecule has 3 heterocycles. The predicted octanol–water partition coefficient (Wildman–Crippen LogP) is 1.49. The van der Waals surface area contributed by atoms with Crippen LogP contribution in [0.3, 0.4) is 0 Å². The fourth-order valence-electron chi connectivity index (χ4n) is 3.60. The fraction of sp³-hybridized carbons (Fsp3) is 0.667. The summed E-state index contributed by atoms with van der Waals surface area (Å²) in [6, 6.07) is 2.47. The number of amides is 1. The molecule has 140 valence electrons. The minimum Gasteiger partial charge on any atom is -0.350 e. The van der Waals surface area contributed by atoms with Gasteiger partial charge in [-0.1, -0.05) is 6.42 Å². The largest absolute Gasteiger partial charge is 0.350 e. The monoisotopic (exact) mass is 357 g/mol. The average molecular weight is 357 g/mol. The summed E-state index contributed by atoms with van der Waals surface area (Å²) in [6.45, 7) is 8.24. The summed E-state index contributed by atoms with van der Waals surface area (Å²) in [6.07, 6.45) is 5.04. The molecule has 2 aromatic rings. The van der Waals surface area contributed by atoms with Crippen LogP contribution >= 0.6 is 0 Å². The number of nitrogens with one attached hydrogen (secondary N) is 1. The lowest BCUT2D eigenvalue weighted by atomic mass is 9.85. The Kier molecular flexibility index (Phi) is 4.76. The maximum absolute atomic E-state index is 12.0. The van der Waals surface area contributed by atoms with Crippen molar-refractivity contribution < 1.29 is 4.79 Å². The van der Waals surface area contributed by atoms with E-state index in [9.17, 15) is 4.79 Å². The van der Waals surface area contributed by atoms with E-state index in [0.717, 1.165) is 50.5 Å². The van der Waals surface area contributed by atoms with Gasteiger partial charge in [-0.3, -0.25) is 14.4 Å².